The lowest BCUT2D eigenvalue weighted by molar-refractivity contribution is 0.816. The Morgan fingerprint density at radius 3 is 2.79 bits per heavy atom. The fraction of sp³-hybridized carbons (Fsp3) is 0.333. The van der Waals surface area contributed by atoms with E-state index in [0.717, 1.165) is 24.0 Å². The molecule has 2 rings (SSSR count). The zero-order valence-electron chi connectivity index (χ0n) is 11.3. The van der Waals surface area contributed by atoms with Gasteiger partial charge in [-0.25, -0.2) is 0 Å². The molecule has 0 saturated carbocycles. The Bertz CT molecular complexity index is 511. The largest absolute Gasteiger partial charge is 0.373 e. The third-order valence-corrected chi connectivity index (χ3v) is 4.65. The van der Waals surface area contributed by atoms with Gasteiger partial charge in [-0.2, -0.15) is 0 Å². The molecule has 0 atom stereocenters. The van der Waals surface area contributed by atoms with Crippen LogP contribution in [-0.4, -0.2) is 20.6 Å². The van der Waals surface area contributed by atoms with Crippen molar-refractivity contribution in [1.82, 2.24) is 5.32 Å². The van der Waals surface area contributed by atoms with Crippen LogP contribution in [0.2, 0.25) is 0 Å². The first-order valence-electron chi connectivity index (χ1n) is 6.37. The van der Waals surface area contributed by atoms with Crippen molar-refractivity contribution in [2.45, 2.75) is 13.0 Å². The van der Waals surface area contributed by atoms with Crippen molar-refractivity contribution in [1.29, 1.82) is 0 Å². The third-order valence-electron chi connectivity index (χ3n) is 3.08. The van der Waals surface area contributed by atoms with Gasteiger partial charge in [0, 0.05) is 29.5 Å². The van der Waals surface area contributed by atoms with Crippen LogP contribution in [0.15, 0.2) is 40.2 Å². The van der Waals surface area contributed by atoms with Crippen LogP contribution in [0.3, 0.4) is 0 Å². The van der Waals surface area contributed by atoms with Crippen molar-refractivity contribution in [3.05, 3.63) is 50.6 Å². The minimum atomic E-state index is 0.901. The van der Waals surface area contributed by atoms with Crippen molar-refractivity contribution in [2.24, 2.45) is 0 Å². The summed E-state index contributed by atoms with van der Waals surface area (Å²) in [6, 6.07) is 10.9. The van der Waals surface area contributed by atoms with Gasteiger partial charge in [-0.15, -0.1) is 11.3 Å². The van der Waals surface area contributed by atoms with Crippen molar-refractivity contribution in [3.63, 3.8) is 0 Å². The van der Waals surface area contributed by atoms with Crippen LogP contribution >= 0.6 is 27.3 Å². The summed E-state index contributed by atoms with van der Waals surface area (Å²) in [4.78, 5) is 3.74. The zero-order valence-corrected chi connectivity index (χ0v) is 13.7. The molecule has 0 spiro atoms. The summed E-state index contributed by atoms with van der Waals surface area (Å²) >= 11 is 5.50. The highest BCUT2D eigenvalue weighted by Crippen LogP contribution is 2.27. The molecule has 102 valence electrons. The molecule has 0 fully saturated rings. The molecule has 0 radical (unpaired) electrons. The van der Waals surface area contributed by atoms with Crippen LogP contribution < -0.4 is 10.2 Å². The van der Waals surface area contributed by atoms with E-state index in [-0.39, 0.29) is 0 Å². The van der Waals surface area contributed by atoms with E-state index >= 15 is 0 Å². The first-order chi connectivity index (χ1) is 9.20. The van der Waals surface area contributed by atoms with Gasteiger partial charge in [0.15, 0.2) is 0 Å². The predicted octanol–water partition coefficient (Wildman–Crippen LogP) is 3.91. The number of likely N-dealkylation sites (N-methyl/N-ethyl adjacent to an activating group) is 1. The van der Waals surface area contributed by atoms with Gasteiger partial charge in [0.05, 0.1) is 5.69 Å². The minimum absolute atomic E-state index is 0.901. The van der Waals surface area contributed by atoms with Crippen molar-refractivity contribution in [3.8, 4) is 0 Å². The normalized spacial score (nSPS) is 10.7. The molecule has 1 aromatic heterocycles. The Morgan fingerprint density at radius 1 is 1.32 bits per heavy atom. The molecule has 0 aliphatic rings. The Balaban J connectivity index is 2.00. The number of benzene rings is 1. The van der Waals surface area contributed by atoms with Gasteiger partial charge in [-0.05, 0) is 58.5 Å². The van der Waals surface area contributed by atoms with Crippen LogP contribution in [0.1, 0.15) is 10.4 Å². The monoisotopic (exact) mass is 338 g/mol. The lowest BCUT2D eigenvalue weighted by Crippen LogP contribution is -2.20. The number of anilines is 1. The van der Waals surface area contributed by atoms with Crippen LogP contribution in [0.4, 0.5) is 5.69 Å². The van der Waals surface area contributed by atoms with Gasteiger partial charge in [0.1, 0.15) is 0 Å². The smallest absolute Gasteiger partial charge is 0.0508 e. The molecule has 1 N–H and O–H groups in total. The molecule has 0 aliphatic heterocycles. The van der Waals surface area contributed by atoms with Gasteiger partial charge in [0.2, 0.25) is 0 Å². The summed E-state index contributed by atoms with van der Waals surface area (Å²) in [5.74, 6) is 0. The van der Waals surface area contributed by atoms with E-state index in [1.807, 2.05) is 18.4 Å². The molecule has 0 unspecified atom stereocenters. The second kappa shape index (κ2) is 7.08. The molecular weight excluding hydrogens is 320 g/mol. The molecular formula is C15H19BrN2S. The number of thiophene rings is 1. The molecule has 0 saturated heterocycles. The SMILES string of the molecule is CNCc1ccc(N(C)CCc2cccs2)c(Br)c1. The average molecular weight is 339 g/mol. The van der Waals surface area contributed by atoms with Crippen LogP contribution in [0, 0.1) is 0 Å². The van der Waals surface area contributed by atoms with Crippen molar-refractivity contribution >= 4 is 33.0 Å². The minimum Gasteiger partial charge on any atom is -0.373 e. The van der Waals surface area contributed by atoms with E-state index in [2.05, 4.69) is 68.9 Å². The van der Waals surface area contributed by atoms with E-state index in [0.29, 0.717) is 0 Å². The third kappa shape index (κ3) is 4.06. The second-order valence-corrected chi connectivity index (χ2v) is 6.45. The van der Waals surface area contributed by atoms with Gasteiger partial charge in [0.25, 0.3) is 0 Å². The van der Waals surface area contributed by atoms with Crippen LogP contribution in [-0.2, 0) is 13.0 Å². The fourth-order valence-electron chi connectivity index (χ4n) is 2.03. The van der Waals surface area contributed by atoms with Crippen LogP contribution in [0.25, 0.3) is 0 Å². The zero-order chi connectivity index (χ0) is 13.7. The number of hydrogen-bond donors (Lipinski definition) is 1. The van der Waals surface area contributed by atoms with E-state index in [4.69, 9.17) is 0 Å². The van der Waals surface area contributed by atoms with Crippen LogP contribution in [0.5, 0.6) is 0 Å². The average Bonchev–Trinajstić information content (AvgIpc) is 2.89. The fourth-order valence-corrected chi connectivity index (χ4v) is 3.45. The van der Waals surface area contributed by atoms with Crippen molar-refractivity contribution < 1.29 is 0 Å². The molecule has 2 aromatic rings. The van der Waals surface area contributed by atoms with E-state index in [9.17, 15) is 0 Å². The Hall–Kier alpha value is -0.840. The number of nitrogens with one attached hydrogen (secondary N) is 1. The first-order valence-corrected chi connectivity index (χ1v) is 8.04. The standard InChI is InChI=1S/C15H19BrN2S/c1-17-11-12-5-6-15(14(16)10-12)18(2)8-7-13-4-3-9-19-13/h3-6,9-10,17H,7-8,11H2,1-2H3. The summed E-state index contributed by atoms with van der Waals surface area (Å²) in [6.07, 6.45) is 1.10. The number of halogens is 1. The quantitative estimate of drug-likeness (QED) is 0.858. The predicted molar refractivity (Wildman–Crippen MR) is 88.2 cm³/mol. The maximum atomic E-state index is 3.67. The molecule has 0 aliphatic carbocycles. The lowest BCUT2D eigenvalue weighted by Gasteiger charge is -2.21. The van der Waals surface area contributed by atoms with E-state index in [1.54, 1.807) is 0 Å². The molecule has 1 heterocycles. The molecule has 4 heteroatoms. The van der Waals surface area contributed by atoms with Crippen molar-refractivity contribution in [2.75, 3.05) is 25.5 Å². The second-order valence-electron chi connectivity index (χ2n) is 4.57. The number of rotatable bonds is 6. The lowest BCUT2D eigenvalue weighted by atomic mass is 10.2. The number of nitrogens with zero attached hydrogens (tertiary/aromatic N) is 1. The molecule has 2 nitrogen and oxygen atoms in total. The Labute approximate surface area is 127 Å². The highest BCUT2D eigenvalue weighted by molar-refractivity contribution is 9.10. The molecule has 1 aromatic carbocycles. The Kier molecular flexibility index (Phi) is 5.43. The molecule has 0 amide bonds. The summed E-state index contributed by atoms with van der Waals surface area (Å²) in [7, 11) is 4.11. The van der Waals surface area contributed by atoms with E-state index in [1.165, 1.54) is 16.1 Å². The molecule has 0 bridgehead atoms. The maximum absolute atomic E-state index is 3.67. The highest BCUT2D eigenvalue weighted by atomic mass is 79.9. The summed E-state index contributed by atoms with van der Waals surface area (Å²) < 4.78 is 1.16. The maximum Gasteiger partial charge on any atom is 0.0508 e. The van der Waals surface area contributed by atoms with Gasteiger partial charge in [-0.3, -0.25) is 0 Å². The van der Waals surface area contributed by atoms with Gasteiger partial charge in [-0.1, -0.05) is 12.1 Å². The molecule has 19 heavy (non-hydrogen) atoms. The summed E-state index contributed by atoms with van der Waals surface area (Å²) in [5.41, 5.74) is 2.54. The van der Waals surface area contributed by atoms with Gasteiger partial charge < -0.3 is 10.2 Å². The number of hydrogen-bond acceptors (Lipinski definition) is 3. The summed E-state index contributed by atoms with van der Waals surface area (Å²) in [5, 5.41) is 5.31. The highest BCUT2D eigenvalue weighted by Gasteiger charge is 2.07. The van der Waals surface area contributed by atoms with E-state index < -0.39 is 0 Å². The first kappa shape index (κ1) is 14.6. The summed E-state index contributed by atoms with van der Waals surface area (Å²) in [6.45, 7) is 1.93. The van der Waals surface area contributed by atoms with Gasteiger partial charge >= 0.3 is 0 Å². The topological polar surface area (TPSA) is 15.3 Å². The Morgan fingerprint density at radius 2 is 2.16 bits per heavy atom.